The molecule has 25 heavy (non-hydrogen) atoms. The van der Waals surface area contributed by atoms with Crippen LogP contribution in [0.15, 0.2) is 36.3 Å². The summed E-state index contributed by atoms with van der Waals surface area (Å²) >= 11 is 0. The van der Waals surface area contributed by atoms with E-state index >= 15 is 0 Å². The fraction of sp³-hybridized carbons (Fsp3) is 0.316. The molecule has 1 aromatic heterocycles. The topological polar surface area (TPSA) is 70.4 Å². The molecule has 0 radical (unpaired) electrons. The second-order valence-corrected chi connectivity index (χ2v) is 5.45. The maximum absolute atomic E-state index is 12.0. The molecule has 0 saturated carbocycles. The Kier molecular flexibility index (Phi) is 6.51. The molecule has 6 heteroatoms. The first-order valence-corrected chi connectivity index (χ1v) is 8.09. The number of hydrogen-bond donors (Lipinski definition) is 0. The maximum atomic E-state index is 12.0. The summed E-state index contributed by atoms with van der Waals surface area (Å²) in [6.07, 6.45) is 6.75. The molecular weight excluding hydrogens is 320 g/mol. The summed E-state index contributed by atoms with van der Waals surface area (Å²) in [5, 5.41) is 0. The highest BCUT2D eigenvalue weighted by molar-refractivity contribution is 5.94. The van der Waals surface area contributed by atoms with E-state index in [9.17, 15) is 9.59 Å². The first-order chi connectivity index (χ1) is 12.1. The van der Waals surface area contributed by atoms with E-state index in [2.05, 4.69) is 4.98 Å². The van der Waals surface area contributed by atoms with Crippen molar-refractivity contribution >= 4 is 18.3 Å². The lowest BCUT2D eigenvalue weighted by molar-refractivity contribution is -0.138. The Bertz CT molecular complexity index is 777. The van der Waals surface area contributed by atoms with Crippen molar-refractivity contribution < 1.29 is 19.1 Å². The predicted molar refractivity (Wildman–Crippen MR) is 94.8 cm³/mol. The molecule has 0 aliphatic carbocycles. The van der Waals surface area contributed by atoms with Crippen molar-refractivity contribution in [3.05, 3.63) is 47.6 Å². The molecule has 0 unspecified atom stereocenters. The van der Waals surface area contributed by atoms with Crippen LogP contribution in [0, 0.1) is 6.92 Å². The van der Waals surface area contributed by atoms with Crippen molar-refractivity contribution in [3.8, 4) is 11.4 Å². The Balaban J connectivity index is 2.36. The number of carbonyl (C=O) groups excluding carboxylic acids is 2. The monoisotopic (exact) mass is 342 g/mol. The first kappa shape index (κ1) is 18.4. The summed E-state index contributed by atoms with van der Waals surface area (Å²) in [7, 11) is 1.59. The number of methoxy groups -OCH3 is 1. The molecule has 0 saturated heterocycles. The van der Waals surface area contributed by atoms with Crippen LogP contribution >= 0.6 is 0 Å². The maximum Gasteiger partial charge on any atom is 0.334 e. The molecule has 0 bridgehead atoms. The van der Waals surface area contributed by atoms with Gasteiger partial charge in [-0.3, -0.25) is 0 Å². The van der Waals surface area contributed by atoms with E-state index in [-0.39, 0.29) is 6.42 Å². The average molecular weight is 342 g/mol. The lowest BCUT2D eigenvalue weighted by Gasteiger charge is -2.11. The third-order valence-electron chi connectivity index (χ3n) is 3.60. The lowest BCUT2D eigenvalue weighted by Crippen LogP contribution is -2.08. The van der Waals surface area contributed by atoms with Gasteiger partial charge < -0.3 is 18.8 Å². The molecule has 1 aromatic carbocycles. The van der Waals surface area contributed by atoms with Crippen molar-refractivity contribution in [2.75, 3.05) is 13.7 Å². The van der Waals surface area contributed by atoms with E-state index in [0.717, 1.165) is 23.2 Å². The molecule has 1 heterocycles. The van der Waals surface area contributed by atoms with Gasteiger partial charge >= 0.3 is 5.97 Å². The lowest BCUT2D eigenvalue weighted by atomic mass is 10.1. The Morgan fingerprint density at radius 1 is 1.36 bits per heavy atom. The van der Waals surface area contributed by atoms with Gasteiger partial charge in [0.05, 0.1) is 31.4 Å². The summed E-state index contributed by atoms with van der Waals surface area (Å²) in [5.74, 6) is 0.252. The molecule has 6 nitrogen and oxygen atoms in total. The van der Waals surface area contributed by atoms with Crippen LogP contribution < -0.4 is 4.74 Å². The minimum absolute atomic E-state index is 0.272. The zero-order valence-electron chi connectivity index (χ0n) is 14.7. The second-order valence-electron chi connectivity index (χ2n) is 5.45. The summed E-state index contributed by atoms with van der Waals surface area (Å²) < 4.78 is 12.4. The number of imidazole rings is 1. The van der Waals surface area contributed by atoms with Crippen molar-refractivity contribution in [2.45, 2.75) is 26.7 Å². The van der Waals surface area contributed by atoms with Crippen LogP contribution in [0.4, 0.5) is 0 Å². The zero-order valence-corrected chi connectivity index (χ0v) is 14.7. The van der Waals surface area contributed by atoms with Gasteiger partial charge in [0.1, 0.15) is 12.0 Å². The van der Waals surface area contributed by atoms with Gasteiger partial charge in [0.25, 0.3) is 0 Å². The van der Waals surface area contributed by atoms with Gasteiger partial charge in [0.2, 0.25) is 0 Å². The Hall–Kier alpha value is -2.89. The van der Waals surface area contributed by atoms with Gasteiger partial charge in [-0.2, -0.15) is 0 Å². The molecule has 0 fully saturated rings. The van der Waals surface area contributed by atoms with Crippen molar-refractivity contribution in [2.24, 2.45) is 0 Å². The number of aldehydes is 1. The highest BCUT2D eigenvalue weighted by Gasteiger charge is 2.12. The van der Waals surface area contributed by atoms with Crippen LogP contribution in [-0.2, 0) is 14.3 Å². The minimum atomic E-state index is -0.405. The molecule has 0 atom stereocenters. The standard InChI is InChI=1S/C19H22N2O4/c1-4-25-19(23)16(6-5-9-22)10-15-7-8-17(18(11-15)24-3)21-12-14(2)20-13-21/h7-13H,4-6H2,1-3H3. The fourth-order valence-corrected chi connectivity index (χ4v) is 2.42. The zero-order chi connectivity index (χ0) is 18.2. The third kappa shape index (κ3) is 4.79. The fourth-order valence-electron chi connectivity index (χ4n) is 2.42. The number of hydrogen-bond acceptors (Lipinski definition) is 5. The molecule has 2 rings (SSSR count). The first-order valence-electron chi connectivity index (χ1n) is 8.09. The molecule has 2 aromatic rings. The quantitative estimate of drug-likeness (QED) is 0.419. The van der Waals surface area contributed by atoms with E-state index in [1.807, 2.05) is 35.9 Å². The van der Waals surface area contributed by atoms with Crippen molar-refractivity contribution in [3.63, 3.8) is 0 Å². The second kappa shape index (κ2) is 8.82. The highest BCUT2D eigenvalue weighted by Crippen LogP contribution is 2.26. The van der Waals surface area contributed by atoms with Gasteiger partial charge in [0, 0.05) is 18.2 Å². The number of nitrogens with zero attached hydrogens (tertiary/aromatic N) is 2. The highest BCUT2D eigenvalue weighted by atomic mass is 16.5. The number of esters is 1. The van der Waals surface area contributed by atoms with Gasteiger partial charge in [0.15, 0.2) is 0 Å². The van der Waals surface area contributed by atoms with E-state index in [0.29, 0.717) is 24.4 Å². The van der Waals surface area contributed by atoms with Crippen LogP contribution in [0.1, 0.15) is 31.0 Å². The predicted octanol–water partition coefficient (Wildman–Crippen LogP) is 3.11. The average Bonchev–Trinajstić information content (AvgIpc) is 3.04. The van der Waals surface area contributed by atoms with E-state index in [1.165, 1.54) is 0 Å². The number of benzene rings is 1. The number of aryl methyl sites for hydroxylation is 1. The Morgan fingerprint density at radius 3 is 2.76 bits per heavy atom. The van der Waals surface area contributed by atoms with Gasteiger partial charge in [-0.05, 0) is 44.0 Å². The molecule has 0 N–H and O–H groups in total. The largest absolute Gasteiger partial charge is 0.495 e. The van der Waals surface area contributed by atoms with Gasteiger partial charge in [-0.15, -0.1) is 0 Å². The van der Waals surface area contributed by atoms with E-state index < -0.39 is 5.97 Å². The summed E-state index contributed by atoms with van der Waals surface area (Å²) in [6.45, 7) is 3.96. The van der Waals surface area contributed by atoms with Crippen molar-refractivity contribution in [1.29, 1.82) is 0 Å². The smallest absolute Gasteiger partial charge is 0.334 e. The van der Waals surface area contributed by atoms with Crippen LogP contribution in [0.2, 0.25) is 0 Å². The van der Waals surface area contributed by atoms with Crippen molar-refractivity contribution in [1.82, 2.24) is 9.55 Å². The molecule has 0 aliphatic heterocycles. The van der Waals surface area contributed by atoms with Gasteiger partial charge in [-0.25, -0.2) is 9.78 Å². The number of carbonyl (C=O) groups is 2. The number of rotatable bonds is 8. The van der Waals surface area contributed by atoms with E-state index in [4.69, 9.17) is 9.47 Å². The molecule has 0 aliphatic rings. The van der Waals surface area contributed by atoms with Crippen LogP contribution in [0.3, 0.4) is 0 Å². The molecule has 0 amide bonds. The van der Waals surface area contributed by atoms with Crippen LogP contribution in [0.5, 0.6) is 5.75 Å². The van der Waals surface area contributed by atoms with Gasteiger partial charge in [-0.1, -0.05) is 6.07 Å². The molecule has 132 valence electrons. The normalized spacial score (nSPS) is 11.2. The summed E-state index contributed by atoms with van der Waals surface area (Å²) in [6, 6.07) is 5.62. The molecular formula is C19H22N2O4. The summed E-state index contributed by atoms with van der Waals surface area (Å²) in [4.78, 5) is 26.9. The Labute approximate surface area is 147 Å². The third-order valence-corrected chi connectivity index (χ3v) is 3.60. The number of aromatic nitrogens is 2. The van der Waals surface area contributed by atoms with Crippen LogP contribution in [0.25, 0.3) is 11.8 Å². The minimum Gasteiger partial charge on any atom is -0.495 e. The Morgan fingerprint density at radius 2 is 2.16 bits per heavy atom. The van der Waals surface area contributed by atoms with Crippen LogP contribution in [-0.4, -0.2) is 35.5 Å². The summed E-state index contributed by atoms with van der Waals surface area (Å²) in [5.41, 5.74) is 3.02. The van der Waals surface area contributed by atoms with E-state index in [1.54, 1.807) is 26.4 Å². The SMILES string of the molecule is CCOC(=O)C(=Cc1ccc(-n2cnc(C)c2)c(OC)c1)CCC=O. The molecule has 0 spiro atoms. The number of ether oxygens (including phenoxy) is 2.